The average molecular weight is 392 g/mol. The second kappa shape index (κ2) is 7.94. The van der Waals surface area contributed by atoms with Gasteiger partial charge in [-0.2, -0.15) is 0 Å². The fraction of sp³-hybridized carbons (Fsp3) is 0. The zero-order valence-electron chi connectivity index (χ0n) is 15.8. The van der Waals surface area contributed by atoms with E-state index in [1.54, 1.807) is 6.07 Å². The van der Waals surface area contributed by atoms with Crippen LogP contribution in [0.15, 0.2) is 84.9 Å². The van der Waals surface area contributed by atoms with Crippen molar-refractivity contribution >= 4 is 22.7 Å². The Morgan fingerprint density at radius 1 is 0.633 bits per heavy atom. The van der Waals surface area contributed by atoms with Crippen molar-refractivity contribution < 1.29 is 19.8 Å². The van der Waals surface area contributed by atoms with Crippen molar-refractivity contribution in [1.29, 1.82) is 0 Å². The van der Waals surface area contributed by atoms with E-state index in [9.17, 15) is 19.8 Å². The molecule has 0 saturated heterocycles. The summed E-state index contributed by atoms with van der Waals surface area (Å²) in [6, 6.07) is 25.3. The molecule has 2 N–H and O–H groups in total. The zero-order valence-corrected chi connectivity index (χ0v) is 15.8. The Morgan fingerprint density at radius 2 is 1.20 bits per heavy atom. The Hall–Kier alpha value is -4.36. The van der Waals surface area contributed by atoms with Crippen LogP contribution in [0, 0.1) is 11.8 Å². The van der Waals surface area contributed by atoms with Gasteiger partial charge < -0.3 is 10.2 Å². The fourth-order valence-corrected chi connectivity index (χ4v) is 3.34. The van der Waals surface area contributed by atoms with E-state index < -0.39 is 11.9 Å². The molecule has 0 radical (unpaired) electrons. The SMILES string of the molecule is O=C(O)c1cc(C(=O)O)cc(-c2ccccc2C#Cc2cccc3ccccc23)c1. The van der Waals surface area contributed by atoms with Gasteiger partial charge in [-0.1, -0.05) is 66.4 Å². The van der Waals surface area contributed by atoms with Crippen molar-refractivity contribution in [3.8, 4) is 23.0 Å². The summed E-state index contributed by atoms with van der Waals surface area (Å²) in [5.41, 5.74) is 2.58. The molecule has 0 aliphatic rings. The molecule has 0 fully saturated rings. The number of fused-ring (bicyclic) bond motifs is 1. The molecule has 0 heterocycles. The third kappa shape index (κ3) is 3.78. The van der Waals surface area contributed by atoms with Crippen LogP contribution in [0.25, 0.3) is 21.9 Å². The first-order valence-corrected chi connectivity index (χ1v) is 9.24. The van der Waals surface area contributed by atoms with Gasteiger partial charge in [-0.05, 0) is 52.2 Å². The van der Waals surface area contributed by atoms with E-state index >= 15 is 0 Å². The minimum absolute atomic E-state index is 0.0817. The molecular formula is C26H16O4. The first-order chi connectivity index (χ1) is 14.5. The number of aromatic carboxylic acids is 2. The highest BCUT2D eigenvalue weighted by Crippen LogP contribution is 2.26. The Bertz CT molecular complexity index is 1320. The third-order valence-electron chi connectivity index (χ3n) is 4.79. The summed E-state index contributed by atoms with van der Waals surface area (Å²) in [5, 5.41) is 20.9. The quantitative estimate of drug-likeness (QED) is 0.464. The summed E-state index contributed by atoms with van der Waals surface area (Å²) in [5.74, 6) is 4.02. The average Bonchev–Trinajstić information content (AvgIpc) is 2.77. The minimum Gasteiger partial charge on any atom is -0.478 e. The smallest absolute Gasteiger partial charge is 0.335 e. The highest BCUT2D eigenvalue weighted by atomic mass is 16.4. The summed E-state index contributed by atoms with van der Waals surface area (Å²) < 4.78 is 0. The lowest BCUT2D eigenvalue weighted by Gasteiger charge is -2.08. The molecule has 0 bridgehead atoms. The number of hydrogen-bond acceptors (Lipinski definition) is 2. The van der Waals surface area contributed by atoms with Crippen molar-refractivity contribution in [1.82, 2.24) is 0 Å². The summed E-state index contributed by atoms with van der Waals surface area (Å²) >= 11 is 0. The number of carboxylic acids is 2. The highest BCUT2D eigenvalue weighted by Gasteiger charge is 2.13. The van der Waals surface area contributed by atoms with Crippen LogP contribution in [0.1, 0.15) is 31.8 Å². The summed E-state index contributed by atoms with van der Waals surface area (Å²) in [6.45, 7) is 0. The highest BCUT2D eigenvalue weighted by molar-refractivity contribution is 5.96. The van der Waals surface area contributed by atoms with E-state index in [0.717, 1.165) is 22.4 Å². The maximum Gasteiger partial charge on any atom is 0.335 e. The van der Waals surface area contributed by atoms with Crippen molar-refractivity contribution in [3.05, 3.63) is 107 Å². The molecule has 0 spiro atoms. The van der Waals surface area contributed by atoms with E-state index in [4.69, 9.17) is 0 Å². The Labute approximate surface area is 173 Å². The lowest BCUT2D eigenvalue weighted by Crippen LogP contribution is -2.03. The summed E-state index contributed by atoms with van der Waals surface area (Å²) in [4.78, 5) is 22.9. The Kier molecular flexibility index (Phi) is 5.02. The normalized spacial score (nSPS) is 10.3. The van der Waals surface area contributed by atoms with Crippen LogP contribution in [-0.2, 0) is 0 Å². The molecule has 0 aromatic heterocycles. The van der Waals surface area contributed by atoms with Crippen LogP contribution in [0.4, 0.5) is 0 Å². The van der Waals surface area contributed by atoms with Crippen LogP contribution in [0.5, 0.6) is 0 Å². The van der Waals surface area contributed by atoms with E-state index in [2.05, 4.69) is 11.8 Å². The number of rotatable bonds is 3. The Morgan fingerprint density at radius 3 is 1.93 bits per heavy atom. The molecule has 0 aliphatic carbocycles. The molecule has 144 valence electrons. The molecule has 4 nitrogen and oxygen atoms in total. The molecule has 0 amide bonds. The van der Waals surface area contributed by atoms with Gasteiger partial charge in [0.25, 0.3) is 0 Å². The van der Waals surface area contributed by atoms with Gasteiger partial charge in [-0.25, -0.2) is 9.59 Å². The zero-order chi connectivity index (χ0) is 21.1. The van der Waals surface area contributed by atoms with Gasteiger partial charge >= 0.3 is 11.9 Å². The fourth-order valence-electron chi connectivity index (χ4n) is 3.34. The lowest BCUT2D eigenvalue weighted by molar-refractivity contribution is 0.0696. The monoisotopic (exact) mass is 392 g/mol. The predicted octanol–water partition coefficient (Wildman–Crippen LogP) is 5.30. The summed E-state index contributed by atoms with van der Waals surface area (Å²) in [7, 11) is 0. The molecule has 4 aromatic rings. The largest absolute Gasteiger partial charge is 0.478 e. The number of carbonyl (C=O) groups is 2. The molecule has 4 rings (SSSR count). The molecule has 0 unspecified atom stereocenters. The van der Waals surface area contributed by atoms with Crippen molar-refractivity contribution in [2.24, 2.45) is 0 Å². The van der Waals surface area contributed by atoms with Crippen molar-refractivity contribution in [2.45, 2.75) is 0 Å². The maximum atomic E-state index is 11.5. The molecule has 0 aliphatic heterocycles. The predicted molar refractivity (Wildman–Crippen MR) is 116 cm³/mol. The molecular weight excluding hydrogens is 376 g/mol. The second-order valence-electron chi connectivity index (χ2n) is 6.73. The third-order valence-corrected chi connectivity index (χ3v) is 4.79. The van der Waals surface area contributed by atoms with Gasteiger partial charge in [0.2, 0.25) is 0 Å². The van der Waals surface area contributed by atoms with Gasteiger partial charge in [0.1, 0.15) is 0 Å². The lowest BCUT2D eigenvalue weighted by atomic mass is 9.95. The van der Waals surface area contributed by atoms with E-state index in [1.807, 2.05) is 60.7 Å². The standard InChI is InChI=1S/C26H16O4/c27-25(28)21-14-20(15-22(16-21)26(29)30)24-11-4-2-7-18(24)12-13-19-9-5-8-17-6-1-3-10-23(17)19/h1-11,14-16H,(H,27,28)(H,29,30). The molecule has 4 heteroatoms. The molecule has 0 saturated carbocycles. The topological polar surface area (TPSA) is 74.6 Å². The van der Waals surface area contributed by atoms with Crippen LogP contribution in [0.2, 0.25) is 0 Å². The maximum absolute atomic E-state index is 11.5. The first-order valence-electron chi connectivity index (χ1n) is 9.24. The van der Waals surface area contributed by atoms with E-state index in [1.165, 1.54) is 12.1 Å². The van der Waals surface area contributed by atoms with Crippen molar-refractivity contribution in [3.63, 3.8) is 0 Å². The number of benzene rings is 4. The van der Waals surface area contributed by atoms with Crippen LogP contribution in [-0.4, -0.2) is 22.2 Å². The molecule has 0 atom stereocenters. The van der Waals surface area contributed by atoms with Gasteiger partial charge in [-0.15, -0.1) is 0 Å². The van der Waals surface area contributed by atoms with Gasteiger partial charge in [0.15, 0.2) is 0 Å². The first kappa shape index (κ1) is 19.0. The summed E-state index contributed by atoms with van der Waals surface area (Å²) in [6.07, 6.45) is 0. The number of hydrogen-bond donors (Lipinski definition) is 2. The molecule has 4 aromatic carbocycles. The van der Waals surface area contributed by atoms with Crippen molar-refractivity contribution in [2.75, 3.05) is 0 Å². The molecule has 30 heavy (non-hydrogen) atoms. The van der Waals surface area contributed by atoms with Crippen LogP contribution in [0.3, 0.4) is 0 Å². The second-order valence-corrected chi connectivity index (χ2v) is 6.73. The Balaban J connectivity index is 1.85. The number of carboxylic acid groups (broad SMARTS) is 2. The van der Waals surface area contributed by atoms with Gasteiger partial charge in [-0.3, -0.25) is 0 Å². The van der Waals surface area contributed by atoms with E-state index in [-0.39, 0.29) is 11.1 Å². The van der Waals surface area contributed by atoms with Crippen LogP contribution >= 0.6 is 0 Å². The van der Waals surface area contributed by atoms with E-state index in [0.29, 0.717) is 16.7 Å². The van der Waals surface area contributed by atoms with Crippen LogP contribution < -0.4 is 0 Å². The minimum atomic E-state index is -1.18. The van der Waals surface area contributed by atoms with Gasteiger partial charge in [0.05, 0.1) is 11.1 Å². The van der Waals surface area contributed by atoms with Gasteiger partial charge in [0, 0.05) is 11.1 Å².